The van der Waals surface area contributed by atoms with Crippen LogP contribution in [0.4, 0.5) is 0 Å². The van der Waals surface area contributed by atoms with Crippen LogP contribution in [0.5, 0.6) is 0 Å². The Morgan fingerprint density at radius 1 is 1.16 bits per heavy atom. The van der Waals surface area contributed by atoms with Crippen LogP contribution in [0.3, 0.4) is 0 Å². The molecule has 0 spiro atoms. The lowest BCUT2D eigenvalue weighted by Crippen LogP contribution is -2.40. The summed E-state index contributed by atoms with van der Waals surface area (Å²) in [6.07, 6.45) is -0.160. The molecule has 0 fully saturated rings. The third-order valence-corrected chi connectivity index (χ3v) is 13.0. The van der Waals surface area contributed by atoms with E-state index in [0.29, 0.717) is 12.4 Å². The van der Waals surface area contributed by atoms with Crippen LogP contribution in [0, 0.1) is 32.6 Å². The third kappa shape index (κ3) is 5.33. The monoisotopic (exact) mass is 534 g/mol. The fourth-order valence-corrected chi connectivity index (χ4v) is 6.05. The molecule has 0 bridgehead atoms. The van der Waals surface area contributed by atoms with Gasteiger partial charge < -0.3 is 9.53 Å². The van der Waals surface area contributed by atoms with Gasteiger partial charge >= 0.3 is 5.97 Å². The molecule has 4 rings (SSSR count). The Hall–Kier alpha value is -3.06. The maximum absolute atomic E-state index is 11.7. The highest BCUT2D eigenvalue weighted by Gasteiger charge is 2.37. The number of aromatic nitrogens is 3. The maximum atomic E-state index is 11.7. The van der Waals surface area contributed by atoms with Gasteiger partial charge in [-0.25, -0.2) is 0 Å². The van der Waals surface area contributed by atoms with Crippen LogP contribution in [0.1, 0.15) is 72.0 Å². The minimum absolute atomic E-state index is 0.149. The van der Waals surface area contributed by atoms with E-state index < -0.39 is 20.3 Å². The Kier molecular flexibility index (Phi) is 7.30. The number of fused-ring (bicyclic) bond motifs is 3. The highest BCUT2D eigenvalue weighted by atomic mass is 32.1. The average Bonchev–Trinajstić information content (AvgIpc) is 3.28. The van der Waals surface area contributed by atoms with Crippen molar-refractivity contribution in [3.05, 3.63) is 63.0 Å². The topological polar surface area (TPSA) is 89.6 Å². The molecule has 2 aromatic heterocycles. The van der Waals surface area contributed by atoms with Gasteiger partial charge in [-0.15, -0.1) is 21.5 Å². The lowest BCUT2D eigenvalue weighted by molar-refractivity contribution is -0.137. The van der Waals surface area contributed by atoms with Gasteiger partial charge in [-0.2, -0.15) is 0 Å². The first-order chi connectivity index (χ1) is 17.3. The summed E-state index contributed by atoms with van der Waals surface area (Å²) in [4.78, 5) is 17.9. The zero-order valence-corrected chi connectivity index (χ0v) is 24.6. The molecule has 1 aromatic carbocycles. The number of aryl methyl sites for hydroxylation is 2. The molecule has 0 saturated carbocycles. The molecular weight excluding hydrogens is 500 g/mol. The van der Waals surface area contributed by atoms with Crippen LogP contribution >= 0.6 is 11.3 Å². The Balaban J connectivity index is 1.69. The van der Waals surface area contributed by atoms with Crippen LogP contribution < -0.4 is 0 Å². The van der Waals surface area contributed by atoms with Crippen LogP contribution in [0.2, 0.25) is 18.1 Å². The summed E-state index contributed by atoms with van der Waals surface area (Å²) in [6, 6.07) is 7.33. The summed E-state index contributed by atoms with van der Waals surface area (Å²) in [5.41, 5.74) is 4.71. The molecule has 0 saturated heterocycles. The molecule has 194 valence electrons. The summed E-state index contributed by atoms with van der Waals surface area (Å²) in [7, 11) is -1.83. The van der Waals surface area contributed by atoms with Gasteiger partial charge in [-0.05, 0) is 56.6 Å². The van der Waals surface area contributed by atoms with E-state index in [1.165, 1.54) is 4.88 Å². The molecule has 0 amide bonds. The molecule has 0 unspecified atom stereocenters. The Labute approximate surface area is 223 Å². The van der Waals surface area contributed by atoms with E-state index in [-0.39, 0.29) is 11.5 Å². The van der Waals surface area contributed by atoms with E-state index in [2.05, 4.69) is 69.8 Å². The lowest BCUT2D eigenvalue weighted by Gasteiger charge is -2.35. The first-order valence-electron chi connectivity index (χ1n) is 12.4. The number of nitrogens with zero attached hydrogens (tertiary/aromatic N) is 4. The molecule has 9 heteroatoms. The van der Waals surface area contributed by atoms with E-state index in [0.717, 1.165) is 38.8 Å². The SMILES string of the molecule is Cc1sc2c(c1C)C(c1ccc(C#CCO[Si](C)(C)C(C)(C)C)cc1)=N[C@@H](CC(=O)O)c1nnc(C)n1-2. The van der Waals surface area contributed by atoms with Crippen LogP contribution in [0.15, 0.2) is 29.3 Å². The average molecular weight is 535 g/mol. The van der Waals surface area contributed by atoms with Gasteiger partial charge in [0.15, 0.2) is 14.1 Å². The van der Waals surface area contributed by atoms with Crippen LogP contribution in [-0.2, 0) is 9.22 Å². The molecule has 0 aliphatic carbocycles. The lowest BCUT2D eigenvalue weighted by atomic mass is 9.98. The van der Waals surface area contributed by atoms with Crippen molar-refractivity contribution >= 4 is 31.3 Å². The quantitative estimate of drug-likeness (QED) is 0.321. The first kappa shape index (κ1) is 27.0. The largest absolute Gasteiger partial charge is 0.481 e. The van der Waals surface area contributed by atoms with Gasteiger partial charge in [0.1, 0.15) is 16.9 Å². The van der Waals surface area contributed by atoms with E-state index in [4.69, 9.17) is 9.42 Å². The second-order valence-electron chi connectivity index (χ2n) is 10.9. The normalized spacial score (nSPS) is 15.2. The number of carboxylic acid groups (broad SMARTS) is 1. The van der Waals surface area contributed by atoms with E-state index in [9.17, 15) is 9.90 Å². The maximum Gasteiger partial charge on any atom is 0.306 e. The van der Waals surface area contributed by atoms with Crippen LogP contribution in [-0.4, -0.2) is 46.5 Å². The highest BCUT2D eigenvalue weighted by molar-refractivity contribution is 7.15. The fourth-order valence-electron chi connectivity index (χ4n) is 3.97. The molecule has 3 heterocycles. The Morgan fingerprint density at radius 3 is 2.46 bits per heavy atom. The molecule has 37 heavy (non-hydrogen) atoms. The summed E-state index contributed by atoms with van der Waals surface area (Å²) in [5, 5.41) is 19.3. The minimum atomic E-state index is -1.83. The van der Waals surface area contributed by atoms with Gasteiger partial charge in [0.2, 0.25) is 0 Å². The van der Waals surface area contributed by atoms with E-state index in [1.807, 2.05) is 35.8 Å². The zero-order valence-electron chi connectivity index (χ0n) is 22.8. The third-order valence-electron chi connectivity index (χ3n) is 7.31. The summed E-state index contributed by atoms with van der Waals surface area (Å²) < 4.78 is 8.13. The second kappa shape index (κ2) is 10.0. The summed E-state index contributed by atoms with van der Waals surface area (Å²) >= 11 is 1.65. The number of carbonyl (C=O) groups is 1. The van der Waals surface area contributed by atoms with Crippen molar-refractivity contribution in [1.29, 1.82) is 0 Å². The standard InChI is InChI=1S/C28H34N4O3SSi/c1-17-18(2)36-27-24(17)25(29-22(16-23(33)34)26-31-30-19(3)32(26)27)21-13-11-20(12-14-21)10-9-15-35-37(7,8)28(4,5)6/h11-14,22H,15-16H2,1-8H3,(H,33,34)/t22-/m0/s1. The number of carboxylic acids is 1. The van der Waals surface area contributed by atoms with Crippen molar-refractivity contribution < 1.29 is 14.3 Å². The minimum Gasteiger partial charge on any atom is -0.481 e. The van der Waals surface area contributed by atoms with Crippen molar-refractivity contribution in [3.63, 3.8) is 0 Å². The number of hydrogen-bond acceptors (Lipinski definition) is 6. The van der Waals surface area contributed by atoms with Gasteiger partial charge in [0, 0.05) is 21.6 Å². The molecule has 0 radical (unpaired) electrons. The van der Waals surface area contributed by atoms with Gasteiger partial charge in [-0.3, -0.25) is 14.4 Å². The van der Waals surface area contributed by atoms with Gasteiger partial charge in [0.05, 0.1) is 18.7 Å². The number of aliphatic imine (C=N–C) groups is 1. The molecule has 1 aliphatic heterocycles. The first-order valence-corrected chi connectivity index (χ1v) is 16.1. The van der Waals surface area contributed by atoms with Crippen molar-refractivity contribution in [1.82, 2.24) is 14.8 Å². The highest BCUT2D eigenvalue weighted by Crippen LogP contribution is 2.39. The van der Waals surface area contributed by atoms with E-state index >= 15 is 0 Å². The second-order valence-corrected chi connectivity index (χ2v) is 16.9. The molecule has 1 N–H and O–H groups in total. The number of thiophene rings is 1. The summed E-state index contributed by atoms with van der Waals surface area (Å²) in [6.45, 7) is 17.6. The van der Waals surface area contributed by atoms with Crippen molar-refractivity contribution in [2.75, 3.05) is 6.61 Å². The summed E-state index contributed by atoms with van der Waals surface area (Å²) in [5.74, 6) is 6.72. The van der Waals surface area contributed by atoms with Gasteiger partial charge in [0.25, 0.3) is 0 Å². The fraction of sp³-hybridized carbons (Fsp3) is 0.429. The Bertz CT molecular complexity index is 1430. The molecular formula is C28H34N4O3SSi. The molecule has 1 atom stereocenters. The van der Waals surface area contributed by atoms with E-state index in [1.54, 1.807) is 11.3 Å². The number of hydrogen-bond donors (Lipinski definition) is 1. The van der Waals surface area contributed by atoms with Gasteiger partial charge in [-0.1, -0.05) is 44.7 Å². The van der Waals surface area contributed by atoms with Crippen LogP contribution in [0.25, 0.3) is 5.00 Å². The predicted molar refractivity (Wildman–Crippen MR) is 151 cm³/mol. The molecule has 7 nitrogen and oxygen atoms in total. The van der Waals surface area contributed by atoms with Crippen molar-refractivity contribution in [2.45, 2.75) is 72.1 Å². The predicted octanol–water partition coefficient (Wildman–Crippen LogP) is 5.99. The Morgan fingerprint density at radius 2 is 1.84 bits per heavy atom. The molecule has 3 aromatic rings. The number of benzene rings is 1. The smallest absolute Gasteiger partial charge is 0.306 e. The molecule has 1 aliphatic rings. The van der Waals surface area contributed by atoms with Crippen molar-refractivity contribution in [3.8, 4) is 16.8 Å². The number of rotatable bonds is 5. The number of aliphatic carboxylic acids is 1. The van der Waals surface area contributed by atoms with Crippen molar-refractivity contribution in [2.24, 2.45) is 4.99 Å². The zero-order chi connectivity index (χ0) is 27.1.